The molecular formula is C20H26O3. The van der Waals surface area contributed by atoms with E-state index < -0.39 is 0 Å². The fourth-order valence-corrected chi connectivity index (χ4v) is 2.91. The third-order valence-electron chi connectivity index (χ3n) is 4.38. The molecule has 0 unspecified atom stereocenters. The second-order valence-corrected chi connectivity index (χ2v) is 6.43. The van der Waals surface area contributed by atoms with Crippen LogP contribution in [-0.4, -0.2) is 13.2 Å². The minimum Gasteiger partial charge on any atom is -0.456 e. The third kappa shape index (κ3) is 4.24. The number of rotatable bonds is 6. The lowest BCUT2D eigenvalue weighted by molar-refractivity contribution is -0.213. The fourth-order valence-electron chi connectivity index (χ4n) is 2.91. The van der Waals surface area contributed by atoms with E-state index in [1.54, 1.807) is 0 Å². The second-order valence-electron chi connectivity index (χ2n) is 6.43. The third-order valence-corrected chi connectivity index (χ3v) is 4.38. The number of unbranched alkanes of at least 4 members (excludes halogenated alkanes) is 2. The van der Waals surface area contributed by atoms with Crippen LogP contribution in [-0.2, 0) is 9.47 Å². The highest BCUT2D eigenvalue weighted by molar-refractivity contribution is 5.57. The van der Waals surface area contributed by atoms with E-state index in [1.807, 2.05) is 12.1 Å². The molecule has 1 aliphatic heterocycles. The molecule has 0 N–H and O–H groups in total. The molecule has 23 heavy (non-hydrogen) atoms. The van der Waals surface area contributed by atoms with Gasteiger partial charge in [0.1, 0.15) is 5.76 Å². The van der Waals surface area contributed by atoms with E-state index in [4.69, 9.17) is 13.9 Å². The first-order valence-electron chi connectivity index (χ1n) is 8.66. The monoisotopic (exact) mass is 314 g/mol. The van der Waals surface area contributed by atoms with Crippen LogP contribution in [0.3, 0.4) is 0 Å². The molecule has 1 aromatic carbocycles. The molecule has 0 aliphatic carbocycles. The summed E-state index contributed by atoms with van der Waals surface area (Å²) in [5.41, 5.74) is 2.32. The predicted molar refractivity (Wildman–Crippen MR) is 91.2 cm³/mol. The normalized spacial score (nSPS) is 21.5. The maximum atomic E-state index is 5.93. The van der Waals surface area contributed by atoms with Crippen LogP contribution in [0.15, 0.2) is 40.8 Å². The second kappa shape index (κ2) is 7.80. The van der Waals surface area contributed by atoms with E-state index in [2.05, 4.69) is 38.1 Å². The number of hydrogen-bond acceptors (Lipinski definition) is 3. The lowest BCUT2D eigenvalue weighted by Gasteiger charge is -2.28. The lowest BCUT2D eigenvalue weighted by Crippen LogP contribution is -2.26. The molecule has 0 radical (unpaired) electrons. The Morgan fingerprint density at radius 1 is 0.957 bits per heavy atom. The van der Waals surface area contributed by atoms with Crippen molar-refractivity contribution in [2.24, 2.45) is 5.92 Å². The van der Waals surface area contributed by atoms with Crippen LogP contribution in [0, 0.1) is 12.8 Å². The highest BCUT2D eigenvalue weighted by atomic mass is 16.7. The molecule has 1 aromatic heterocycles. The van der Waals surface area contributed by atoms with Gasteiger partial charge in [-0.15, -0.1) is 0 Å². The van der Waals surface area contributed by atoms with E-state index in [-0.39, 0.29) is 6.29 Å². The first-order chi connectivity index (χ1) is 11.3. The zero-order chi connectivity index (χ0) is 16.1. The van der Waals surface area contributed by atoms with Crippen LogP contribution in [0.2, 0.25) is 0 Å². The average Bonchev–Trinajstić information content (AvgIpc) is 3.06. The molecule has 124 valence electrons. The molecule has 3 nitrogen and oxygen atoms in total. The SMILES string of the molecule is CCCCCC1COC(c2ccc(-c3ccc(C)cc3)o2)OC1. The van der Waals surface area contributed by atoms with Crippen molar-refractivity contribution in [1.29, 1.82) is 0 Å². The molecule has 0 atom stereocenters. The quantitative estimate of drug-likeness (QED) is 0.660. The molecule has 1 saturated heterocycles. The van der Waals surface area contributed by atoms with Gasteiger partial charge in [-0.25, -0.2) is 0 Å². The Morgan fingerprint density at radius 2 is 1.70 bits per heavy atom. The van der Waals surface area contributed by atoms with Crippen molar-refractivity contribution in [3.05, 3.63) is 47.7 Å². The highest BCUT2D eigenvalue weighted by Crippen LogP contribution is 2.31. The van der Waals surface area contributed by atoms with Crippen molar-refractivity contribution in [3.63, 3.8) is 0 Å². The summed E-state index contributed by atoms with van der Waals surface area (Å²) in [6.07, 6.45) is 4.63. The Kier molecular flexibility index (Phi) is 5.52. The summed E-state index contributed by atoms with van der Waals surface area (Å²) in [4.78, 5) is 0. The highest BCUT2D eigenvalue weighted by Gasteiger charge is 2.25. The Hall–Kier alpha value is -1.58. The van der Waals surface area contributed by atoms with Gasteiger partial charge in [-0.2, -0.15) is 0 Å². The molecule has 2 heterocycles. The number of aryl methyl sites for hydroxylation is 1. The molecule has 0 amide bonds. The van der Waals surface area contributed by atoms with Crippen molar-refractivity contribution in [2.75, 3.05) is 13.2 Å². The topological polar surface area (TPSA) is 31.6 Å². The van der Waals surface area contributed by atoms with Gasteiger partial charge >= 0.3 is 0 Å². The molecule has 0 spiro atoms. The summed E-state index contributed by atoms with van der Waals surface area (Å²) in [6, 6.07) is 12.3. The first kappa shape index (κ1) is 16.3. The van der Waals surface area contributed by atoms with E-state index in [1.165, 1.54) is 31.2 Å². The molecule has 3 rings (SSSR count). The van der Waals surface area contributed by atoms with Gasteiger partial charge in [0.05, 0.1) is 13.2 Å². The summed E-state index contributed by atoms with van der Waals surface area (Å²) >= 11 is 0. The number of ether oxygens (including phenoxy) is 2. The molecule has 2 aromatic rings. The van der Waals surface area contributed by atoms with Crippen molar-refractivity contribution >= 4 is 0 Å². The van der Waals surface area contributed by atoms with Crippen molar-refractivity contribution in [1.82, 2.24) is 0 Å². The van der Waals surface area contributed by atoms with E-state index >= 15 is 0 Å². The lowest BCUT2D eigenvalue weighted by atomic mass is 10.0. The summed E-state index contributed by atoms with van der Waals surface area (Å²) in [6.45, 7) is 5.83. The number of hydrogen-bond donors (Lipinski definition) is 0. The fraction of sp³-hybridized carbons (Fsp3) is 0.500. The Labute approximate surface area is 138 Å². The van der Waals surface area contributed by atoms with Gasteiger partial charge in [-0.1, -0.05) is 56.0 Å². The largest absolute Gasteiger partial charge is 0.456 e. The summed E-state index contributed by atoms with van der Waals surface area (Å²) < 4.78 is 17.7. The van der Waals surface area contributed by atoms with Crippen molar-refractivity contribution < 1.29 is 13.9 Å². The van der Waals surface area contributed by atoms with Crippen molar-refractivity contribution in [3.8, 4) is 11.3 Å². The molecule has 3 heteroatoms. The minimum absolute atomic E-state index is 0.364. The molecule has 1 fully saturated rings. The van der Waals surface area contributed by atoms with Gasteiger partial charge in [-0.05, 0) is 25.5 Å². The molecule has 0 saturated carbocycles. The Balaban J connectivity index is 1.56. The summed E-state index contributed by atoms with van der Waals surface area (Å²) in [7, 11) is 0. The Bertz CT molecular complexity index is 592. The zero-order valence-corrected chi connectivity index (χ0v) is 14.1. The van der Waals surface area contributed by atoms with Crippen LogP contribution < -0.4 is 0 Å². The molecule has 0 bridgehead atoms. The van der Waals surface area contributed by atoms with Gasteiger partial charge in [-0.3, -0.25) is 0 Å². The summed E-state index contributed by atoms with van der Waals surface area (Å²) in [5, 5.41) is 0. The van der Waals surface area contributed by atoms with Crippen LogP contribution in [0.4, 0.5) is 0 Å². The molecular weight excluding hydrogens is 288 g/mol. The maximum Gasteiger partial charge on any atom is 0.217 e. The first-order valence-corrected chi connectivity index (χ1v) is 8.66. The number of furan rings is 1. The van der Waals surface area contributed by atoms with Gasteiger partial charge in [0.2, 0.25) is 6.29 Å². The van der Waals surface area contributed by atoms with Crippen LogP contribution >= 0.6 is 0 Å². The number of benzene rings is 1. The van der Waals surface area contributed by atoms with Gasteiger partial charge in [0, 0.05) is 11.5 Å². The predicted octanol–water partition coefficient (Wildman–Crippen LogP) is 5.50. The van der Waals surface area contributed by atoms with Crippen molar-refractivity contribution in [2.45, 2.75) is 45.8 Å². The average molecular weight is 314 g/mol. The van der Waals surface area contributed by atoms with Gasteiger partial charge in [0.25, 0.3) is 0 Å². The smallest absolute Gasteiger partial charge is 0.217 e. The van der Waals surface area contributed by atoms with Crippen LogP contribution in [0.25, 0.3) is 11.3 Å². The van der Waals surface area contributed by atoms with E-state index in [0.29, 0.717) is 5.92 Å². The van der Waals surface area contributed by atoms with E-state index in [0.717, 1.165) is 30.3 Å². The zero-order valence-electron chi connectivity index (χ0n) is 14.1. The maximum absolute atomic E-state index is 5.93. The minimum atomic E-state index is -0.364. The van der Waals surface area contributed by atoms with Crippen LogP contribution in [0.5, 0.6) is 0 Å². The van der Waals surface area contributed by atoms with E-state index in [9.17, 15) is 0 Å². The van der Waals surface area contributed by atoms with Gasteiger partial charge < -0.3 is 13.9 Å². The van der Waals surface area contributed by atoms with Crippen LogP contribution in [0.1, 0.15) is 50.2 Å². The summed E-state index contributed by atoms with van der Waals surface area (Å²) in [5.74, 6) is 2.13. The Morgan fingerprint density at radius 3 is 2.39 bits per heavy atom. The standard InChI is InChI=1S/C20H26O3/c1-3-4-5-6-16-13-21-20(22-14-16)19-12-11-18(23-19)17-9-7-15(2)8-10-17/h7-12,16,20H,3-6,13-14H2,1-2H3. The molecule has 1 aliphatic rings. The van der Waals surface area contributed by atoms with Gasteiger partial charge in [0.15, 0.2) is 5.76 Å².